The minimum Gasteiger partial charge on any atom is -0.463 e. The molecule has 130 valence electrons. The van der Waals surface area contributed by atoms with Crippen LogP contribution in [0.25, 0.3) is 11.0 Å². The average Bonchev–Trinajstić information content (AvgIpc) is 3.18. The number of fused-ring (bicyclic) bond motifs is 1. The summed E-state index contributed by atoms with van der Waals surface area (Å²) >= 11 is 0. The van der Waals surface area contributed by atoms with Gasteiger partial charge in [-0.2, -0.15) is 5.01 Å². The summed E-state index contributed by atoms with van der Waals surface area (Å²) in [6.45, 7) is 1.60. The number of hydrogen-bond acceptors (Lipinski definition) is 4. The van der Waals surface area contributed by atoms with Crippen molar-refractivity contribution in [2.75, 3.05) is 0 Å². The maximum absolute atomic E-state index is 12.8. The van der Waals surface area contributed by atoms with Crippen LogP contribution in [-0.2, 0) is 10.3 Å². The molecule has 1 saturated heterocycles. The molecule has 2 N–H and O–H groups in total. The standard InChI is InChI=1S/C19H15N3O4/c1-19(12-7-3-2-4-8-12)17(24)22(18(25)20-19)21-16(23)14-11-26-15-10-6-5-9-13(14)15/h2-11H,1H3,(H,20,25)(H,21,23)/t19-/m0/s1. The van der Waals surface area contributed by atoms with E-state index >= 15 is 0 Å². The third-order valence-electron chi connectivity index (χ3n) is 4.48. The van der Waals surface area contributed by atoms with Gasteiger partial charge in [0.2, 0.25) is 0 Å². The molecule has 0 unspecified atom stereocenters. The summed E-state index contributed by atoms with van der Waals surface area (Å²) in [5.74, 6) is -1.16. The topological polar surface area (TPSA) is 91.7 Å². The van der Waals surface area contributed by atoms with Gasteiger partial charge < -0.3 is 9.73 Å². The van der Waals surface area contributed by atoms with Gasteiger partial charge in [0.25, 0.3) is 11.8 Å². The summed E-state index contributed by atoms with van der Waals surface area (Å²) in [5.41, 5.74) is 2.54. The minimum absolute atomic E-state index is 0.245. The highest BCUT2D eigenvalue weighted by molar-refractivity contribution is 6.11. The normalized spacial score (nSPS) is 19.7. The summed E-state index contributed by atoms with van der Waals surface area (Å²) < 4.78 is 5.33. The number of amides is 4. The van der Waals surface area contributed by atoms with Gasteiger partial charge in [0.05, 0.1) is 5.56 Å². The highest BCUT2D eigenvalue weighted by Gasteiger charge is 2.50. The highest BCUT2D eigenvalue weighted by atomic mass is 16.3. The Kier molecular flexibility index (Phi) is 3.50. The third-order valence-corrected chi connectivity index (χ3v) is 4.48. The fourth-order valence-corrected chi connectivity index (χ4v) is 3.02. The fourth-order valence-electron chi connectivity index (χ4n) is 3.02. The van der Waals surface area contributed by atoms with E-state index in [-0.39, 0.29) is 5.56 Å². The molecule has 1 atom stereocenters. The van der Waals surface area contributed by atoms with Crippen LogP contribution in [-0.4, -0.2) is 22.9 Å². The number of carbonyl (C=O) groups is 3. The molecule has 3 aromatic rings. The summed E-state index contributed by atoms with van der Waals surface area (Å²) in [7, 11) is 0. The first-order chi connectivity index (χ1) is 12.5. The zero-order valence-electron chi connectivity index (χ0n) is 13.9. The van der Waals surface area contributed by atoms with Crippen molar-refractivity contribution in [1.82, 2.24) is 15.8 Å². The molecule has 1 aromatic heterocycles. The number of hydrazine groups is 1. The zero-order chi connectivity index (χ0) is 18.3. The van der Waals surface area contributed by atoms with Gasteiger partial charge in [-0.25, -0.2) is 4.79 Å². The van der Waals surface area contributed by atoms with Gasteiger partial charge >= 0.3 is 6.03 Å². The zero-order valence-corrected chi connectivity index (χ0v) is 13.9. The number of para-hydroxylation sites is 1. The van der Waals surface area contributed by atoms with Crippen molar-refractivity contribution in [1.29, 1.82) is 0 Å². The van der Waals surface area contributed by atoms with E-state index in [1.165, 1.54) is 6.26 Å². The number of nitrogens with zero attached hydrogens (tertiary/aromatic N) is 1. The van der Waals surface area contributed by atoms with Crippen LogP contribution in [0, 0.1) is 0 Å². The molecular weight excluding hydrogens is 334 g/mol. The number of carbonyl (C=O) groups excluding carboxylic acids is 3. The van der Waals surface area contributed by atoms with Crippen molar-refractivity contribution in [2.45, 2.75) is 12.5 Å². The van der Waals surface area contributed by atoms with Crippen LogP contribution in [0.4, 0.5) is 4.79 Å². The number of furan rings is 1. The van der Waals surface area contributed by atoms with Crippen molar-refractivity contribution >= 4 is 28.8 Å². The molecule has 4 rings (SSSR count). The van der Waals surface area contributed by atoms with Gasteiger partial charge in [0.15, 0.2) is 0 Å². The lowest BCUT2D eigenvalue weighted by molar-refractivity contribution is -0.132. The molecule has 1 fully saturated rings. The lowest BCUT2D eigenvalue weighted by atomic mass is 9.92. The molecule has 0 radical (unpaired) electrons. The van der Waals surface area contributed by atoms with Crippen LogP contribution < -0.4 is 10.7 Å². The molecule has 0 spiro atoms. The molecular formula is C19H15N3O4. The van der Waals surface area contributed by atoms with E-state index < -0.39 is 23.4 Å². The quantitative estimate of drug-likeness (QED) is 0.711. The van der Waals surface area contributed by atoms with Crippen molar-refractivity contribution in [3.05, 3.63) is 72.0 Å². The predicted molar refractivity (Wildman–Crippen MR) is 92.9 cm³/mol. The molecule has 1 aliphatic heterocycles. The van der Waals surface area contributed by atoms with Crippen molar-refractivity contribution in [3.8, 4) is 0 Å². The molecule has 0 saturated carbocycles. The lowest BCUT2D eigenvalue weighted by Gasteiger charge is -2.22. The lowest BCUT2D eigenvalue weighted by Crippen LogP contribution is -2.47. The van der Waals surface area contributed by atoms with Gasteiger partial charge in [0, 0.05) is 5.39 Å². The Morgan fingerprint density at radius 1 is 1.08 bits per heavy atom. The van der Waals surface area contributed by atoms with E-state index in [0.29, 0.717) is 21.5 Å². The minimum atomic E-state index is -1.25. The Bertz CT molecular complexity index is 1030. The average molecular weight is 349 g/mol. The first-order valence-electron chi connectivity index (χ1n) is 8.00. The van der Waals surface area contributed by atoms with Crippen LogP contribution >= 0.6 is 0 Å². The van der Waals surface area contributed by atoms with E-state index in [0.717, 1.165) is 0 Å². The van der Waals surface area contributed by atoms with Crippen LogP contribution in [0.1, 0.15) is 22.8 Å². The Morgan fingerprint density at radius 2 is 1.77 bits per heavy atom. The van der Waals surface area contributed by atoms with Gasteiger partial charge in [-0.1, -0.05) is 48.5 Å². The number of rotatable bonds is 3. The Balaban J connectivity index is 1.61. The Hall–Kier alpha value is -3.61. The van der Waals surface area contributed by atoms with Crippen molar-refractivity contribution in [3.63, 3.8) is 0 Å². The largest absolute Gasteiger partial charge is 0.463 e. The highest BCUT2D eigenvalue weighted by Crippen LogP contribution is 2.28. The number of imide groups is 1. The Labute approximate surface area is 148 Å². The van der Waals surface area contributed by atoms with Crippen LogP contribution in [0.15, 0.2) is 65.3 Å². The molecule has 1 aliphatic rings. The number of benzene rings is 2. The number of nitrogens with one attached hydrogen (secondary N) is 2. The Morgan fingerprint density at radius 3 is 2.54 bits per heavy atom. The van der Waals surface area contributed by atoms with Crippen molar-refractivity contribution < 1.29 is 18.8 Å². The summed E-state index contributed by atoms with van der Waals surface area (Å²) in [6.07, 6.45) is 1.30. The van der Waals surface area contributed by atoms with Crippen LogP contribution in [0.2, 0.25) is 0 Å². The number of hydrogen-bond donors (Lipinski definition) is 2. The van der Waals surface area contributed by atoms with Gasteiger partial charge in [-0.05, 0) is 18.6 Å². The van der Waals surface area contributed by atoms with Crippen LogP contribution in [0.5, 0.6) is 0 Å². The first kappa shape index (κ1) is 15.9. The first-order valence-corrected chi connectivity index (χ1v) is 8.00. The fraction of sp³-hybridized carbons (Fsp3) is 0.105. The molecule has 7 heteroatoms. The van der Waals surface area contributed by atoms with Gasteiger partial charge in [-0.15, -0.1) is 0 Å². The van der Waals surface area contributed by atoms with Gasteiger partial charge in [-0.3, -0.25) is 15.0 Å². The molecule has 7 nitrogen and oxygen atoms in total. The second-order valence-corrected chi connectivity index (χ2v) is 6.15. The van der Waals surface area contributed by atoms with Crippen LogP contribution in [0.3, 0.4) is 0 Å². The predicted octanol–water partition coefficient (Wildman–Crippen LogP) is 2.54. The molecule has 2 aromatic carbocycles. The molecule has 0 aliphatic carbocycles. The molecule has 26 heavy (non-hydrogen) atoms. The van der Waals surface area contributed by atoms with Gasteiger partial charge in [0.1, 0.15) is 17.4 Å². The molecule has 2 heterocycles. The molecule has 4 amide bonds. The van der Waals surface area contributed by atoms with E-state index in [2.05, 4.69) is 10.7 Å². The summed E-state index contributed by atoms with van der Waals surface area (Å²) in [4.78, 5) is 37.7. The summed E-state index contributed by atoms with van der Waals surface area (Å²) in [6, 6.07) is 15.2. The molecule has 0 bridgehead atoms. The maximum atomic E-state index is 12.8. The van der Waals surface area contributed by atoms with Crippen molar-refractivity contribution in [2.24, 2.45) is 0 Å². The maximum Gasteiger partial charge on any atom is 0.344 e. The van der Waals surface area contributed by atoms with E-state index in [9.17, 15) is 14.4 Å². The second-order valence-electron chi connectivity index (χ2n) is 6.15. The monoisotopic (exact) mass is 349 g/mol. The van der Waals surface area contributed by atoms with E-state index in [1.807, 2.05) is 6.07 Å². The number of urea groups is 1. The summed E-state index contributed by atoms with van der Waals surface area (Å²) in [5, 5.41) is 3.94. The smallest absolute Gasteiger partial charge is 0.344 e. The SMILES string of the molecule is C[C@@]1(c2ccccc2)NC(=O)N(NC(=O)c2coc3ccccc23)C1=O. The third kappa shape index (κ3) is 2.33. The van der Waals surface area contributed by atoms with E-state index in [1.54, 1.807) is 55.5 Å². The second kappa shape index (κ2) is 5.73. The van der Waals surface area contributed by atoms with E-state index in [4.69, 9.17) is 4.42 Å².